The second kappa shape index (κ2) is 18.2. The van der Waals surface area contributed by atoms with Crippen LogP contribution in [0.2, 0.25) is 0 Å². The molecule has 0 atom stereocenters. The summed E-state index contributed by atoms with van der Waals surface area (Å²) in [6.45, 7) is 40.2. The van der Waals surface area contributed by atoms with E-state index >= 15 is 0 Å². The Morgan fingerprint density at radius 1 is 0.397 bits per heavy atom. The summed E-state index contributed by atoms with van der Waals surface area (Å²) in [5, 5.41) is 4.30. The first-order chi connectivity index (χ1) is 31.3. The first kappa shape index (κ1) is 53.2. The van der Waals surface area contributed by atoms with E-state index in [1.807, 2.05) is 42.5 Å². The summed E-state index contributed by atoms with van der Waals surface area (Å²) >= 11 is 0. The molecule has 6 rings (SSSR count). The van der Waals surface area contributed by atoms with E-state index < -0.39 is 18.1 Å². The van der Waals surface area contributed by atoms with Crippen molar-refractivity contribution in [2.24, 2.45) is 0 Å². The van der Waals surface area contributed by atoms with E-state index in [1.54, 1.807) is 12.1 Å². The minimum atomic E-state index is -6.16. The van der Waals surface area contributed by atoms with Crippen LogP contribution in [0.4, 0.5) is 0 Å². The molecule has 0 saturated heterocycles. The molecule has 3 N–H and O–H groups in total. The molecular weight excluding hydrogens is 852 g/mol. The van der Waals surface area contributed by atoms with E-state index in [0.717, 1.165) is 70.3 Å². The predicted molar refractivity (Wildman–Crippen MR) is 296 cm³/mol. The van der Waals surface area contributed by atoms with Crippen LogP contribution in [0.25, 0.3) is 32.7 Å². The van der Waals surface area contributed by atoms with Gasteiger partial charge in [-0.05, 0) is 0 Å². The van der Waals surface area contributed by atoms with Gasteiger partial charge >= 0.3 is 413 Å². The Hall–Kier alpha value is -4.18. The number of hydrogen-bond donors (Lipinski definition) is 3. The van der Waals surface area contributed by atoms with E-state index in [9.17, 15) is 19.5 Å². The molecule has 0 fully saturated rings. The maximum atomic E-state index is 14.5. The molecule has 68 heavy (non-hydrogen) atoms. The fourth-order valence-corrected chi connectivity index (χ4v) is 12.1. The monoisotopic (exact) mass is 937 g/mol. The fourth-order valence-electron chi connectivity index (χ4n) is 9.69. The Morgan fingerprint density at radius 3 is 1.26 bits per heavy atom. The van der Waals surface area contributed by atoms with Crippen LogP contribution in [0.1, 0.15) is 212 Å². The van der Waals surface area contributed by atoms with Gasteiger partial charge < -0.3 is 0 Å². The molecule has 0 saturated carbocycles. The topological polar surface area (TPSA) is 77.8 Å². The van der Waals surface area contributed by atoms with E-state index in [1.165, 1.54) is 16.7 Å². The van der Waals surface area contributed by atoms with Crippen molar-refractivity contribution in [1.29, 1.82) is 0 Å². The Morgan fingerprint density at radius 2 is 0.809 bits per heavy atom. The van der Waals surface area contributed by atoms with Crippen LogP contribution in [0, 0.1) is 0 Å². The van der Waals surface area contributed by atoms with Gasteiger partial charge in [-0.15, -0.1) is 0 Å². The van der Waals surface area contributed by atoms with Crippen molar-refractivity contribution in [3.05, 3.63) is 142 Å². The van der Waals surface area contributed by atoms with Crippen molar-refractivity contribution in [1.82, 2.24) is 0 Å². The number of carbonyl (C=O) groups is 1. The van der Waals surface area contributed by atoms with Gasteiger partial charge in [0.05, 0.1) is 0 Å². The summed E-state index contributed by atoms with van der Waals surface area (Å²) in [6, 6.07) is 32.3. The molecule has 6 aromatic rings. The second-order valence-corrected chi connectivity index (χ2v) is 27.0. The molecule has 0 heterocycles. The van der Waals surface area contributed by atoms with E-state index in [4.69, 9.17) is 0 Å². The third-order valence-electron chi connectivity index (χ3n) is 17.4. The fraction of sp³-hybridized carbons (Fsp3) is 0.476. The van der Waals surface area contributed by atoms with Gasteiger partial charge in [-0.1, -0.05) is 0 Å². The summed E-state index contributed by atoms with van der Waals surface area (Å²) < 4.78 is 0. The normalized spacial score (nSPS) is 14.1. The van der Waals surface area contributed by atoms with Gasteiger partial charge in [0.2, 0.25) is 0 Å². The summed E-state index contributed by atoms with van der Waals surface area (Å²) in [6.07, 6.45) is 5.21. The third kappa shape index (κ3) is 9.54. The van der Waals surface area contributed by atoms with Crippen LogP contribution >= 0.6 is 7.28 Å². The van der Waals surface area contributed by atoms with Gasteiger partial charge in [-0.2, -0.15) is 0 Å². The molecule has 0 radical (unpaired) electrons. The average molecular weight is 937 g/mol. The Labute approximate surface area is 411 Å². The first-order valence-corrected chi connectivity index (χ1v) is 27.7. The zero-order valence-electron chi connectivity index (χ0n) is 45.2. The molecule has 366 valence electrons. The summed E-state index contributed by atoms with van der Waals surface area (Å²) in [5.41, 5.74) is 7.18. The Balaban J connectivity index is 1.86. The van der Waals surface area contributed by atoms with Crippen LogP contribution in [0.15, 0.2) is 97.1 Å². The Bertz CT molecular complexity index is 2860. The first-order valence-electron chi connectivity index (χ1n) is 25.6. The quantitative estimate of drug-likeness (QED) is 0.0629. The molecule has 0 aliphatic carbocycles. The van der Waals surface area contributed by atoms with Crippen molar-refractivity contribution >= 4 is 45.2 Å². The molecule has 6 aromatic carbocycles. The molecule has 0 aliphatic heterocycles. The summed E-state index contributed by atoms with van der Waals surface area (Å²) in [7, 11) is -6.16. The van der Waals surface area contributed by atoms with Crippen LogP contribution < -0.4 is 10.6 Å². The standard InChI is InChI=1S/C63H85O4P/c1-19-58(7,8)45-32-43-35-51(60(11,12)21-3)49(39-47(43)52(37-45)61(13,14)22-4)50-34-42(57(64)41-28-26-25-27-29-41)30-31-55(50)68(65,66,67)56-40-48-44(36-54(56)63(17,18)24-6)33-46(59(9,10)20-2)38-53(48)62(15,16)23-5/h25-40,65-67H,19-24H2,1-18H3. The molecule has 5 heteroatoms. The minimum absolute atomic E-state index is 0.0284. The molecule has 0 amide bonds. The molecular formula is C63H85O4P. The predicted octanol–water partition coefficient (Wildman–Crippen LogP) is 16.2. The van der Waals surface area contributed by atoms with Crippen LogP contribution in [-0.2, 0) is 32.5 Å². The number of carbonyl (C=O) groups excluding carboxylic acids is 1. The van der Waals surface area contributed by atoms with E-state index in [0.29, 0.717) is 28.7 Å². The van der Waals surface area contributed by atoms with Crippen LogP contribution in [-0.4, -0.2) is 20.5 Å². The van der Waals surface area contributed by atoms with Crippen molar-refractivity contribution in [2.45, 2.75) is 196 Å². The average Bonchev–Trinajstić information content (AvgIpc) is 3.31. The number of benzene rings is 6. The van der Waals surface area contributed by atoms with Gasteiger partial charge in [0.1, 0.15) is 0 Å². The van der Waals surface area contributed by atoms with E-state index in [-0.39, 0.29) is 38.1 Å². The maximum absolute atomic E-state index is 14.5. The van der Waals surface area contributed by atoms with Gasteiger partial charge in [-0.3, -0.25) is 0 Å². The van der Waals surface area contributed by atoms with Crippen LogP contribution in [0.5, 0.6) is 0 Å². The molecule has 0 spiro atoms. The third-order valence-corrected chi connectivity index (χ3v) is 19.9. The molecule has 4 nitrogen and oxygen atoms in total. The van der Waals surface area contributed by atoms with Crippen molar-refractivity contribution in [2.75, 3.05) is 0 Å². The van der Waals surface area contributed by atoms with Gasteiger partial charge in [-0.25, -0.2) is 0 Å². The number of ketones is 1. The second-order valence-electron chi connectivity index (χ2n) is 24.1. The van der Waals surface area contributed by atoms with Gasteiger partial charge in [0.25, 0.3) is 0 Å². The number of fused-ring (bicyclic) bond motifs is 2. The van der Waals surface area contributed by atoms with Crippen molar-refractivity contribution in [3.8, 4) is 11.1 Å². The zero-order chi connectivity index (χ0) is 50.8. The van der Waals surface area contributed by atoms with E-state index in [2.05, 4.69) is 167 Å². The number of hydrogen-bond acceptors (Lipinski definition) is 4. The zero-order valence-corrected chi connectivity index (χ0v) is 46.1. The Kier molecular flexibility index (Phi) is 14.2. The summed E-state index contributed by atoms with van der Waals surface area (Å²) in [4.78, 5) is 55.6. The van der Waals surface area contributed by atoms with Crippen molar-refractivity contribution in [3.63, 3.8) is 0 Å². The molecule has 0 bridgehead atoms. The number of rotatable bonds is 17. The molecule has 0 aromatic heterocycles. The van der Waals surface area contributed by atoms with Gasteiger partial charge in [0.15, 0.2) is 0 Å². The molecule has 0 aliphatic rings. The van der Waals surface area contributed by atoms with Gasteiger partial charge in [0, 0.05) is 0 Å². The molecule has 0 unspecified atom stereocenters. The van der Waals surface area contributed by atoms with Crippen LogP contribution in [0.3, 0.4) is 0 Å². The SMILES string of the molecule is CCC(C)(C)c1cc(C(C)(C)CC)c2cc(-c3cc(C(=O)c4ccccc4)ccc3P(O)(O)(O)c3cc4c(C(C)(C)CC)cc(C(C)(C)CC)cc4cc3C(C)(C)CC)c(C(C)(C)CC)cc2c1. The van der Waals surface area contributed by atoms with Crippen molar-refractivity contribution < 1.29 is 19.5 Å². The summed E-state index contributed by atoms with van der Waals surface area (Å²) in [5.74, 6) is -0.181.